The zero-order valence-corrected chi connectivity index (χ0v) is 17.5. The molecule has 0 atom stereocenters. The number of benzene rings is 2. The third-order valence-corrected chi connectivity index (χ3v) is 3.97. The maximum atomic E-state index is 13.9. The van der Waals surface area contributed by atoms with Crippen molar-refractivity contribution >= 4 is 29.7 Å². The Balaban J connectivity index is 2.13. The number of nitrogens with zero attached hydrogens (tertiary/aromatic N) is 2. The van der Waals surface area contributed by atoms with Gasteiger partial charge >= 0.3 is 5.97 Å². The minimum absolute atomic E-state index is 0.0981. The van der Waals surface area contributed by atoms with Crippen LogP contribution < -0.4 is 14.9 Å². The maximum Gasteiger partial charge on any atom is 0.344 e. The Morgan fingerprint density at radius 2 is 2.00 bits per heavy atom. The smallest absolute Gasteiger partial charge is 0.344 e. The van der Waals surface area contributed by atoms with E-state index in [1.807, 2.05) is 0 Å². The van der Waals surface area contributed by atoms with Gasteiger partial charge in [0.1, 0.15) is 5.82 Å². The monoisotopic (exact) mass is 447 g/mol. The summed E-state index contributed by atoms with van der Waals surface area (Å²) in [4.78, 5) is 23.6. The van der Waals surface area contributed by atoms with E-state index in [9.17, 15) is 14.0 Å². The Bertz CT molecular complexity index is 1040. The summed E-state index contributed by atoms with van der Waals surface area (Å²) in [6.45, 7) is 3.63. The molecule has 1 N–H and O–H groups in total. The van der Waals surface area contributed by atoms with Crippen LogP contribution in [0.1, 0.15) is 35.3 Å². The van der Waals surface area contributed by atoms with Gasteiger partial charge in [0.05, 0.1) is 41.6 Å². The van der Waals surface area contributed by atoms with E-state index >= 15 is 0 Å². The number of hydrazone groups is 1. The number of esters is 1. The number of ether oxygens (including phenoxy) is 3. The average Bonchev–Trinajstić information content (AvgIpc) is 2.73. The lowest BCUT2D eigenvalue weighted by molar-refractivity contribution is -0.145. The van der Waals surface area contributed by atoms with Crippen LogP contribution in [0, 0.1) is 17.1 Å². The molecule has 0 bridgehead atoms. The molecule has 1 amide bonds. The van der Waals surface area contributed by atoms with Crippen LogP contribution in [0.4, 0.5) is 4.39 Å². The van der Waals surface area contributed by atoms with Crippen LogP contribution in [0.15, 0.2) is 35.4 Å². The number of carbonyl (C=O) groups excluding carboxylic acids is 2. The van der Waals surface area contributed by atoms with Gasteiger partial charge in [-0.25, -0.2) is 14.6 Å². The van der Waals surface area contributed by atoms with Crippen LogP contribution in [-0.2, 0) is 9.53 Å². The molecular formula is C21H19ClFN3O5. The van der Waals surface area contributed by atoms with Gasteiger partial charge < -0.3 is 14.2 Å². The average molecular weight is 448 g/mol. The Morgan fingerprint density at radius 1 is 1.23 bits per heavy atom. The Labute approximate surface area is 183 Å². The van der Waals surface area contributed by atoms with Gasteiger partial charge in [0, 0.05) is 0 Å². The number of nitrogens with one attached hydrogen (secondary N) is 1. The maximum absolute atomic E-state index is 13.9. The van der Waals surface area contributed by atoms with Gasteiger partial charge in [-0.2, -0.15) is 10.4 Å². The van der Waals surface area contributed by atoms with Crippen LogP contribution in [0.5, 0.6) is 11.5 Å². The number of rotatable bonds is 9. The van der Waals surface area contributed by atoms with Crippen LogP contribution in [-0.4, -0.2) is 37.9 Å². The van der Waals surface area contributed by atoms with Gasteiger partial charge in [-0.05, 0) is 49.7 Å². The second kappa shape index (κ2) is 11.5. The molecule has 31 heavy (non-hydrogen) atoms. The van der Waals surface area contributed by atoms with Gasteiger partial charge in [-0.3, -0.25) is 4.79 Å². The third-order valence-electron chi connectivity index (χ3n) is 3.69. The second-order valence-corrected chi connectivity index (χ2v) is 6.27. The molecule has 0 saturated carbocycles. The molecule has 2 aromatic carbocycles. The predicted octanol–water partition coefficient (Wildman–Crippen LogP) is 3.46. The highest BCUT2D eigenvalue weighted by atomic mass is 35.5. The normalized spacial score (nSPS) is 10.4. The molecule has 8 nitrogen and oxygen atoms in total. The summed E-state index contributed by atoms with van der Waals surface area (Å²) in [6, 6.07) is 8.30. The molecular weight excluding hydrogens is 429 g/mol. The van der Waals surface area contributed by atoms with Crippen molar-refractivity contribution in [2.45, 2.75) is 13.8 Å². The van der Waals surface area contributed by atoms with Crippen molar-refractivity contribution in [3.8, 4) is 17.6 Å². The summed E-state index contributed by atoms with van der Waals surface area (Å²) >= 11 is 6.24. The first kappa shape index (κ1) is 23.6. The third kappa shape index (κ3) is 6.69. The fourth-order valence-electron chi connectivity index (χ4n) is 2.39. The predicted molar refractivity (Wildman–Crippen MR) is 111 cm³/mol. The number of halogens is 2. The summed E-state index contributed by atoms with van der Waals surface area (Å²) in [6.07, 6.45) is 1.28. The number of hydrogen-bond donors (Lipinski definition) is 1. The first-order valence-corrected chi connectivity index (χ1v) is 9.55. The van der Waals surface area contributed by atoms with Crippen LogP contribution in [0.25, 0.3) is 0 Å². The fourth-order valence-corrected chi connectivity index (χ4v) is 2.67. The standard InChI is InChI=1S/C21H19ClFN3O5/c1-3-29-18-9-14(7-16(22)20(18)31-12-19(27)30-4-2)11-25-26-21(28)15-6-5-13(10-24)8-17(15)23/h5-9,11H,3-4,12H2,1-2H3,(H,26,28)/b25-11-. The molecule has 162 valence electrons. The van der Waals surface area contributed by atoms with Crippen LogP contribution >= 0.6 is 11.6 Å². The first-order chi connectivity index (χ1) is 14.9. The van der Waals surface area contributed by atoms with Crippen LogP contribution in [0.3, 0.4) is 0 Å². The number of hydrogen-bond acceptors (Lipinski definition) is 7. The highest BCUT2D eigenvalue weighted by molar-refractivity contribution is 6.32. The van der Waals surface area contributed by atoms with Gasteiger partial charge in [-0.1, -0.05) is 11.6 Å². The zero-order valence-electron chi connectivity index (χ0n) is 16.8. The highest BCUT2D eigenvalue weighted by Crippen LogP contribution is 2.36. The molecule has 0 aliphatic heterocycles. The van der Waals surface area contributed by atoms with Gasteiger partial charge in [0.15, 0.2) is 18.1 Å². The minimum atomic E-state index is -0.837. The van der Waals surface area contributed by atoms with E-state index in [0.717, 1.165) is 6.07 Å². The Morgan fingerprint density at radius 3 is 2.65 bits per heavy atom. The summed E-state index contributed by atoms with van der Waals surface area (Å²) in [7, 11) is 0. The molecule has 2 aromatic rings. The van der Waals surface area contributed by atoms with E-state index in [2.05, 4.69) is 10.5 Å². The van der Waals surface area contributed by atoms with E-state index in [1.165, 1.54) is 24.4 Å². The number of amides is 1. The van der Waals surface area contributed by atoms with Gasteiger partial charge in [-0.15, -0.1) is 0 Å². The number of carbonyl (C=O) groups is 2. The van der Waals surface area contributed by atoms with E-state index in [1.54, 1.807) is 26.0 Å². The molecule has 2 rings (SSSR count). The van der Waals surface area contributed by atoms with E-state index in [4.69, 9.17) is 31.1 Å². The molecule has 0 aromatic heterocycles. The molecule has 0 saturated heterocycles. The van der Waals surface area contributed by atoms with Crippen molar-refractivity contribution in [2.24, 2.45) is 5.10 Å². The summed E-state index contributed by atoms with van der Waals surface area (Å²) in [5, 5.41) is 12.7. The first-order valence-electron chi connectivity index (χ1n) is 9.17. The van der Waals surface area contributed by atoms with Gasteiger partial charge in [0.25, 0.3) is 5.91 Å². The van der Waals surface area contributed by atoms with Crippen molar-refractivity contribution in [3.05, 3.63) is 57.9 Å². The molecule has 10 heteroatoms. The molecule has 0 unspecified atom stereocenters. The van der Waals surface area contributed by atoms with Crippen molar-refractivity contribution < 1.29 is 28.2 Å². The SMILES string of the molecule is CCOC(=O)COc1c(Cl)cc(/C=N\NC(=O)c2ccc(C#N)cc2F)cc1OCC. The zero-order chi connectivity index (χ0) is 22.8. The van der Waals surface area contributed by atoms with Crippen molar-refractivity contribution in [3.63, 3.8) is 0 Å². The molecule has 0 aliphatic carbocycles. The quantitative estimate of drug-likeness (QED) is 0.358. The lowest BCUT2D eigenvalue weighted by Crippen LogP contribution is -2.19. The lowest BCUT2D eigenvalue weighted by atomic mass is 10.1. The largest absolute Gasteiger partial charge is 0.490 e. The fraction of sp³-hybridized carbons (Fsp3) is 0.238. The second-order valence-electron chi connectivity index (χ2n) is 5.86. The Kier molecular flexibility index (Phi) is 8.78. The molecule has 0 aliphatic rings. The van der Waals surface area contributed by atoms with Crippen molar-refractivity contribution in [1.82, 2.24) is 5.43 Å². The van der Waals surface area contributed by atoms with Crippen LogP contribution in [0.2, 0.25) is 5.02 Å². The van der Waals surface area contributed by atoms with Gasteiger partial charge in [0.2, 0.25) is 0 Å². The molecule has 0 radical (unpaired) electrons. The molecule has 0 heterocycles. The lowest BCUT2D eigenvalue weighted by Gasteiger charge is -2.14. The summed E-state index contributed by atoms with van der Waals surface area (Å²) < 4.78 is 29.6. The van der Waals surface area contributed by atoms with E-state index in [0.29, 0.717) is 12.2 Å². The van der Waals surface area contributed by atoms with Crippen molar-refractivity contribution in [2.75, 3.05) is 19.8 Å². The molecule has 0 spiro atoms. The van der Waals surface area contributed by atoms with E-state index in [-0.39, 0.29) is 40.9 Å². The van der Waals surface area contributed by atoms with Crippen molar-refractivity contribution in [1.29, 1.82) is 5.26 Å². The Hall–Kier alpha value is -3.64. The summed E-state index contributed by atoms with van der Waals surface area (Å²) in [5.74, 6) is -1.74. The minimum Gasteiger partial charge on any atom is -0.490 e. The highest BCUT2D eigenvalue weighted by Gasteiger charge is 2.15. The molecule has 0 fully saturated rings. The summed E-state index contributed by atoms with van der Waals surface area (Å²) in [5.41, 5.74) is 2.49. The topological polar surface area (TPSA) is 110 Å². The van der Waals surface area contributed by atoms with E-state index < -0.39 is 17.7 Å². The number of nitriles is 1.